The molecule has 0 aliphatic heterocycles. The molecule has 1 heterocycles. The van der Waals surface area contributed by atoms with E-state index >= 15 is 0 Å². The van der Waals surface area contributed by atoms with Crippen LogP contribution < -0.4 is 10.6 Å². The fraction of sp³-hybridized carbons (Fsp3) is 0.444. The summed E-state index contributed by atoms with van der Waals surface area (Å²) < 4.78 is 0. The molecule has 1 aromatic heterocycles. The molecule has 0 saturated carbocycles. The molecule has 0 bridgehead atoms. The Morgan fingerprint density at radius 2 is 1.92 bits per heavy atom. The summed E-state index contributed by atoms with van der Waals surface area (Å²) in [5.74, 6) is 0.837. The van der Waals surface area contributed by atoms with Gasteiger partial charge in [-0.05, 0) is 19.4 Å². The number of hydrogen-bond donors (Lipinski definition) is 2. The molecule has 24 heavy (non-hydrogen) atoms. The second-order valence-corrected chi connectivity index (χ2v) is 7.48. The van der Waals surface area contributed by atoms with Crippen LogP contribution in [0.2, 0.25) is 0 Å². The summed E-state index contributed by atoms with van der Waals surface area (Å²) in [4.78, 5) is 10.2. The van der Waals surface area contributed by atoms with Crippen LogP contribution in [0.25, 0.3) is 0 Å². The Kier molecular flexibility index (Phi) is 8.69. The molecular formula is C18H27IN4S. The number of aryl methyl sites for hydroxylation is 1. The molecule has 2 N–H and O–H groups in total. The molecule has 0 radical (unpaired) electrons. The van der Waals surface area contributed by atoms with Crippen molar-refractivity contribution < 1.29 is 0 Å². The highest BCUT2D eigenvalue weighted by Crippen LogP contribution is 2.21. The van der Waals surface area contributed by atoms with Crippen molar-refractivity contribution in [3.05, 3.63) is 52.0 Å². The van der Waals surface area contributed by atoms with E-state index in [4.69, 9.17) is 0 Å². The molecule has 6 heteroatoms. The Bertz CT molecular complexity index is 637. The second kappa shape index (κ2) is 9.98. The molecule has 2 rings (SSSR count). The number of aliphatic imine (C=N–C) groups is 1. The average Bonchev–Trinajstić information content (AvgIpc) is 2.96. The maximum atomic E-state index is 4.64. The Balaban J connectivity index is 0.00000288. The lowest BCUT2D eigenvalue weighted by Gasteiger charge is -2.26. The number of nitrogens with one attached hydrogen (secondary N) is 2. The summed E-state index contributed by atoms with van der Waals surface area (Å²) >= 11 is 1.69. The molecule has 132 valence electrons. The zero-order valence-corrected chi connectivity index (χ0v) is 17.9. The molecule has 2 aromatic rings. The van der Waals surface area contributed by atoms with Crippen LogP contribution in [0.3, 0.4) is 0 Å². The third-order valence-electron chi connectivity index (χ3n) is 3.64. The van der Waals surface area contributed by atoms with E-state index in [0.717, 1.165) is 24.1 Å². The highest BCUT2D eigenvalue weighted by Gasteiger charge is 2.20. The third kappa shape index (κ3) is 6.39. The SMILES string of the molecule is CCNC(=NCc1ncc(C)s1)NCC(C)(C)c1ccccc1.I. The molecule has 1 aromatic carbocycles. The number of rotatable bonds is 6. The van der Waals surface area contributed by atoms with Crippen molar-refractivity contribution in [2.45, 2.75) is 39.7 Å². The first-order valence-corrected chi connectivity index (χ1v) is 8.82. The molecule has 0 amide bonds. The lowest BCUT2D eigenvalue weighted by molar-refractivity contribution is 0.508. The number of hydrogen-bond acceptors (Lipinski definition) is 3. The van der Waals surface area contributed by atoms with Gasteiger partial charge in [-0.2, -0.15) is 0 Å². The van der Waals surface area contributed by atoms with Gasteiger partial charge < -0.3 is 10.6 Å². The molecule has 0 atom stereocenters. The van der Waals surface area contributed by atoms with Crippen molar-refractivity contribution in [2.24, 2.45) is 4.99 Å². The number of thiazole rings is 1. The van der Waals surface area contributed by atoms with Crippen LogP contribution in [0, 0.1) is 6.92 Å². The van der Waals surface area contributed by atoms with Crippen LogP contribution in [0.1, 0.15) is 36.2 Å². The molecule has 0 spiro atoms. The third-order valence-corrected chi connectivity index (χ3v) is 4.54. The summed E-state index contributed by atoms with van der Waals surface area (Å²) in [5, 5.41) is 7.80. The predicted molar refractivity (Wildman–Crippen MR) is 115 cm³/mol. The van der Waals surface area contributed by atoms with Gasteiger partial charge in [0.2, 0.25) is 0 Å². The summed E-state index contributed by atoms with van der Waals surface area (Å²) in [6.45, 7) is 10.9. The quantitative estimate of drug-likeness (QED) is 0.389. The molecular weight excluding hydrogens is 431 g/mol. The van der Waals surface area contributed by atoms with Crippen LogP contribution in [-0.4, -0.2) is 24.0 Å². The maximum absolute atomic E-state index is 4.64. The van der Waals surface area contributed by atoms with E-state index < -0.39 is 0 Å². The molecule has 0 saturated heterocycles. The first-order chi connectivity index (χ1) is 11.0. The fourth-order valence-electron chi connectivity index (χ4n) is 2.26. The number of aromatic nitrogens is 1. The van der Waals surface area contributed by atoms with E-state index in [1.807, 2.05) is 6.20 Å². The van der Waals surface area contributed by atoms with Gasteiger partial charge in [-0.15, -0.1) is 35.3 Å². The van der Waals surface area contributed by atoms with Crippen LogP contribution in [0.4, 0.5) is 0 Å². The molecule has 0 aliphatic carbocycles. The Morgan fingerprint density at radius 3 is 2.50 bits per heavy atom. The van der Waals surface area contributed by atoms with Gasteiger partial charge in [0.1, 0.15) is 5.01 Å². The Labute approximate surface area is 166 Å². The summed E-state index contributed by atoms with van der Waals surface area (Å²) in [6.07, 6.45) is 1.90. The number of guanidine groups is 1. The summed E-state index contributed by atoms with van der Waals surface area (Å²) in [5.41, 5.74) is 1.36. The van der Waals surface area contributed by atoms with Gasteiger partial charge in [0.25, 0.3) is 0 Å². The zero-order valence-electron chi connectivity index (χ0n) is 14.8. The van der Waals surface area contributed by atoms with Gasteiger partial charge >= 0.3 is 0 Å². The largest absolute Gasteiger partial charge is 0.357 e. The van der Waals surface area contributed by atoms with Crippen molar-refractivity contribution in [3.8, 4) is 0 Å². The first kappa shape index (κ1) is 20.9. The van der Waals surface area contributed by atoms with Crippen LogP contribution in [-0.2, 0) is 12.0 Å². The highest BCUT2D eigenvalue weighted by atomic mass is 127. The minimum atomic E-state index is 0. The number of halogens is 1. The first-order valence-electron chi connectivity index (χ1n) is 8.00. The van der Waals surface area contributed by atoms with Gasteiger partial charge in [0, 0.05) is 29.6 Å². The Hall–Kier alpha value is -1.15. The minimum Gasteiger partial charge on any atom is -0.357 e. The van der Waals surface area contributed by atoms with Crippen LogP contribution in [0.5, 0.6) is 0 Å². The summed E-state index contributed by atoms with van der Waals surface area (Å²) in [7, 11) is 0. The Morgan fingerprint density at radius 1 is 1.21 bits per heavy atom. The molecule has 0 aliphatic rings. The smallest absolute Gasteiger partial charge is 0.191 e. The van der Waals surface area contributed by atoms with Crippen molar-refractivity contribution in [3.63, 3.8) is 0 Å². The number of benzene rings is 1. The van der Waals surface area contributed by atoms with E-state index in [1.165, 1.54) is 10.4 Å². The molecule has 0 unspecified atom stereocenters. The number of nitrogens with zero attached hydrogens (tertiary/aromatic N) is 2. The topological polar surface area (TPSA) is 49.3 Å². The van der Waals surface area contributed by atoms with E-state index in [2.05, 4.69) is 78.6 Å². The van der Waals surface area contributed by atoms with E-state index in [-0.39, 0.29) is 29.4 Å². The standard InChI is InChI=1S/C18H26N4S.HI/c1-5-19-17(21-12-16-20-11-14(2)23-16)22-13-18(3,4)15-9-7-6-8-10-15;/h6-11H,5,12-13H2,1-4H3,(H2,19,21,22);1H. The molecule has 0 fully saturated rings. The fourth-order valence-corrected chi connectivity index (χ4v) is 2.97. The monoisotopic (exact) mass is 458 g/mol. The van der Waals surface area contributed by atoms with Crippen molar-refractivity contribution in [1.82, 2.24) is 15.6 Å². The lowest BCUT2D eigenvalue weighted by atomic mass is 9.85. The average molecular weight is 458 g/mol. The normalized spacial score (nSPS) is 11.8. The van der Waals surface area contributed by atoms with Crippen molar-refractivity contribution >= 4 is 41.3 Å². The van der Waals surface area contributed by atoms with E-state index in [9.17, 15) is 0 Å². The van der Waals surface area contributed by atoms with Crippen LogP contribution in [0.15, 0.2) is 41.5 Å². The van der Waals surface area contributed by atoms with E-state index in [1.54, 1.807) is 11.3 Å². The summed E-state index contributed by atoms with van der Waals surface area (Å²) in [6, 6.07) is 10.6. The highest BCUT2D eigenvalue weighted by molar-refractivity contribution is 14.0. The van der Waals surface area contributed by atoms with E-state index in [0.29, 0.717) is 6.54 Å². The predicted octanol–water partition coefficient (Wildman–Crippen LogP) is 4.10. The van der Waals surface area contributed by atoms with Gasteiger partial charge in [-0.25, -0.2) is 9.98 Å². The van der Waals surface area contributed by atoms with Crippen LogP contribution >= 0.6 is 35.3 Å². The van der Waals surface area contributed by atoms with Gasteiger partial charge in [0.15, 0.2) is 5.96 Å². The van der Waals surface area contributed by atoms with Gasteiger partial charge in [-0.3, -0.25) is 0 Å². The zero-order chi connectivity index (χ0) is 16.7. The van der Waals surface area contributed by atoms with Gasteiger partial charge in [-0.1, -0.05) is 44.2 Å². The lowest BCUT2D eigenvalue weighted by Crippen LogP contribution is -2.43. The van der Waals surface area contributed by atoms with Gasteiger partial charge in [0.05, 0.1) is 6.54 Å². The van der Waals surface area contributed by atoms with Crippen molar-refractivity contribution in [2.75, 3.05) is 13.1 Å². The maximum Gasteiger partial charge on any atom is 0.191 e. The minimum absolute atomic E-state index is 0. The molecule has 4 nitrogen and oxygen atoms in total. The second-order valence-electron chi connectivity index (χ2n) is 6.16. The van der Waals surface area contributed by atoms with Crippen molar-refractivity contribution in [1.29, 1.82) is 0 Å².